The van der Waals surface area contributed by atoms with Gasteiger partial charge in [-0.3, -0.25) is 0 Å². The molecule has 3 N–H and O–H groups in total. The highest BCUT2D eigenvalue weighted by Gasteiger charge is 2.44. The van der Waals surface area contributed by atoms with Crippen molar-refractivity contribution in [2.45, 2.75) is 56.8 Å². The van der Waals surface area contributed by atoms with E-state index in [0.717, 1.165) is 38.4 Å². The highest BCUT2D eigenvalue weighted by molar-refractivity contribution is 7.88. The number of nitrogens with one attached hydrogen (secondary N) is 1. The second kappa shape index (κ2) is 6.84. The van der Waals surface area contributed by atoms with E-state index in [-0.39, 0.29) is 6.10 Å². The predicted octanol–water partition coefficient (Wildman–Crippen LogP) is -0.477. The minimum absolute atomic E-state index is 0.278. The first-order valence-electron chi connectivity index (χ1n) is 6.71. The van der Waals surface area contributed by atoms with Crippen molar-refractivity contribution in [1.82, 2.24) is 4.72 Å². The first-order valence-corrected chi connectivity index (χ1v) is 8.60. The lowest BCUT2D eigenvalue weighted by Gasteiger charge is -2.31. The van der Waals surface area contributed by atoms with E-state index in [1.54, 1.807) is 0 Å². The van der Waals surface area contributed by atoms with E-state index in [9.17, 15) is 23.4 Å². The molecule has 0 aliphatic heterocycles. The Morgan fingerprint density at radius 2 is 1.95 bits per heavy atom. The standard InChI is InChI=1S/C12H23NO6S/c1-9(14)12(16,8-13-20(2,17)18)11(15)19-10-6-4-3-5-7-10/h9-10,13-14,16H,3-8H2,1-2H3/t9-,12+/m0/s1. The summed E-state index contributed by atoms with van der Waals surface area (Å²) in [5.74, 6) is -0.990. The summed E-state index contributed by atoms with van der Waals surface area (Å²) >= 11 is 0. The third-order valence-corrected chi connectivity index (χ3v) is 4.14. The highest BCUT2D eigenvalue weighted by Crippen LogP contribution is 2.23. The average Bonchev–Trinajstić information content (AvgIpc) is 2.36. The van der Waals surface area contributed by atoms with Gasteiger partial charge in [0.2, 0.25) is 15.6 Å². The summed E-state index contributed by atoms with van der Waals surface area (Å²) in [6, 6.07) is 0. The molecule has 0 aromatic heterocycles. The average molecular weight is 309 g/mol. The molecule has 1 rings (SSSR count). The van der Waals surface area contributed by atoms with Crippen LogP contribution in [0.15, 0.2) is 0 Å². The number of carbonyl (C=O) groups is 1. The monoisotopic (exact) mass is 309 g/mol. The van der Waals surface area contributed by atoms with Crippen LogP contribution < -0.4 is 4.72 Å². The third kappa shape index (κ3) is 5.01. The molecule has 1 fully saturated rings. The van der Waals surface area contributed by atoms with E-state index in [4.69, 9.17) is 4.74 Å². The van der Waals surface area contributed by atoms with E-state index in [0.29, 0.717) is 0 Å². The number of carbonyl (C=O) groups excluding carboxylic acids is 1. The Morgan fingerprint density at radius 3 is 2.40 bits per heavy atom. The van der Waals surface area contributed by atoms with Crippen LogP contribution in [0.4, 0.5) is 0 Å². The summed E-state index contributed by atoms with van der Waals surface area (Å²) < 4.78 is 29.3. The summed E-state index contributed by atoms with van der Waals surface area (Å²) in [4.78, 5) is 12.0. The molecular weight excluding hydrogens is 286 g/mol. The molecule has 0 aromatic carbocycles. The maximum atomic E-state index is 12.0. The second-order valence-corrected chi connectivity index (χ2v) is 7.19. The van der Waals surface area contributed by atoms with Gasteiger partial charge in [0.1, 0.15) is 6.10 Å². The van der Waals surface area contributed by atoms with Gasteiger partial charge >= 0.3 is 5.97 Å². The molecule has 0 saturated heterocycles. The normalized spacial score (nSPS) is 22.0. The smallest absolute Gasteiger partial charge is 0.342 e. The first-order chi connectivity index (χ1) is 9.15. The molecule has 0 aromatic rings. The van der Waals surface area contributed by atoms with Gasteiger partial charge in [-0.1, -0.05) is 6.42 Å². The van der Waals surface area contributed by atoms with Crippen LogP contribution in [0, 0.1) is 0 Å². The molecular formula is C12H23NO6S. The van der Waals surface area contributed by atoms with Crippen LogP contribution in [-0.4, -0.2) is 55.2 Å². The first kappa shape index (κ1) is 17.4. The fraction of sp³-hybridized carbons (Fsp3) is 0.917. The molecule has 0 spiro atoms. The van der Waals surface area contributed by atoms with Gasteiger partial charge in [0, 0.05) is 0 Å². The molecule has 0 unspecified atom stereocenters. The topological polar surface area (TPSA) is 113 Å². The van der Waals surface area contributed by atoms with E-state index in [1.165, 1.54) is 6.92 Å². The lowest BCUT2D eigenvalue weighted by atomic mass is 9.96. The van der Waals surface area contributed by atoms with Crippen molar-refractivity contribution in [2.75, 3.05) is 12.8 Å². The summed E-state index contributed by atoms with van der Waals surface area (Å²) in [5.41, 5.74) is -2.28. The Bertz CT molecular complexity index is 429. The van der Waals surface area contributed by atoms with Gasteiger partial charge in [0.15, 0.2) is 0 Å². The Balaban J connectivity index is 2.69. The Labute approximate surface area is 119 Å². The molecule has 8 heteroatoms. The summed E-state index contributed by atoms with van der Waals surface area (Å²) in [6.45, 7) is 0.598. The summed E-state index contributed by atoms with van der Waals surface area (Å²) in [7, 11) is -3.59. The lowest BCUT2D eigenvalue weighted by Crippen LogP contribution is -2.57. The Hall–Kier alpha value is -0.700. The predicted molar refractivity (Wildman–Crippen MR) is 72.4 cm³/mol. The summed E-state index contributed by atoms with van der Waals surface area (Å²) in [5, 5.41) is 19.8. The second-order valence-electron chi connectivity index (χ2n) is 5.36. The minimum Gasteiger partial charge on any atom is -0.460 e. The van der Waals surface area contributed by atoms with Crippen LogP contribution in [-0.2, 0) is 19.6 Å². The lowest BCUT2D eigenvalue weighted by molar-refractivity contribution is -0.182. The van der Waals surface area contributed by atoms with Crippen molar-refractivity contribution in [1.29, 1.82) is 0 Å². The number of aliphatic hydroxyl groups excluding tert-OH is 1. The van der Waals surface area contributed by atoms with Crippen molar-refractivity contribution >= 4 is 16.0 Å². The Morgan fingerprint density at radius 1 is 1.40 bits per heavy atom. The van der Waals surface area contributed by atoms with Crippen molar-refractivity contribution < 1.29 is 28.2 Å². The molecule has 0 amide bonds. The van der Waals surface area contributed by atoms with Gasteiger partial charge in [0.25, 0.3) is 0 Å². The van der Waals surface area contributed by atoms with Crippen molar-refractivity contribution in [2.24, 2.45) is 0 Å². The van der Waals surface area contributed by atoms with E-state index in [2.05, 4.69) is 0 Å². The largest absolute Gasteiger partial charge is 0.460 e. The third-order valence-electron chi connectivity index (χ3n) is 3.47. The Kier molecular flexibility index (Phi) is 5.93. The van der Waals surface area contributed by atoms with Crippen LogP contribution in [0.1, 0.15) is 39.0 Å². The molecule has 20 heavy (non-hydrogen) atoms. The number of ether oxygens (including phenoxy) is 1. The molecule has 1 saturated carbocycles. The molecule has 0 radical (unpaired) electrons. The van der Waals surface area contributed by atoms with Crippen LogP contribution >= 0.6 is 0 Å². The van der Waals surface area contributed by atoms with Crippen LogP contribution in [0.25, 0.3) is 0 Å². The molecule has 118 valence electrons. The van der Waals surface area contributed by atoms with Gasteiger partial charge in [-0.25, -0.2) is 17.9 Å². The van der Waals surface area contributed by atoms with E-state index < -0.39 is 34.2 Å². The van der Waals surface area contributed by atoms with Crippen molar-refractivity contribution in [3.05, 3.63) is 0 Å². The van der Waals surface area contributed by atoms with Crippen LogP contribution in [0.2, 0.25) is 0 Å². The molecule has 1 aliphatic carbocycles. The minimum atomic E-state index is -3.59. The zero-order chi connectivity index (χ0) is 15.4. The molecule has 7 nitrogen and oxygen atoms in total. The maximum Gasteiger partial charge on any atom is 0.342 e. The zero-order valence-corrected chi connectivity index (χ0v) is 12.6. The number of rotatable bonds is 6. The van der Waals surface area contributed by atoms with Gasteiger partial charge in [0.05, 0.1) is 18.9 Å². The van der Waals surface area contributed by atoms with Crippen LogP contribution in [0.5, 0.6) is 0 Å². The highest BCUT2D eigenvalue weighted by atomic mass is 32.2. The molecule has 0 bridgehead atoms. The fourth-order valence-electron chi connectivity index (χ4n) is 2.07. The fourth-order valence-corrected chi connectivity index (χ4v) is 2.55. The van der Waals surface area contributed by atoms with E-state index >= 15 is 0 Å². The molecule has 1 aliphatic rings. The SMILES string of the molecule is C[C@H](O)[C@](O)(CNS(C)(=O)=O)C(=O)OC1CCCCC1. The van der Waals surface area contributed by atoms with Gasteiger partial charge in [-0.15, -0.1) is 0 Å². The quantitative estimate of drug-likeness (QED) is 0.571. The summed E-state index contributed by atoms with van der Waals surface area (Å²) in [6.07, 6.45) is 3.61. The molecule has 0 heterocycles. The van der Waals surface area contributed by atoms with Gasteiger partial charge < -0.3 is 14.9 Å². The van der Waals surface area contributed by atoms with E-state index in [1.807, 2.05) is 4.72 Å². The number of aliphatic hydroxyl groups is 2. The van der Waals surface area contributed by atoms with Crippen LogP contribution in [0.3, 0.4) is 0 Å². The number of hydrogen-bond acceptors (Lipinski definition) is 6. The number of sulfonamides is 1. The maximum absolute atomic E-state index is 12.0. The molecule has 2 atom stereocenters. The van der Waals surface area contributed by atoms with Gasteiger partial charge in [-0.2, -0.15) is 0 Å². The number of hydrogen-bond donors (Lipinski definition) is 3. The zero-order valence-electron chi connectivity index (χ0n) is 11.8. The number of esters is 1. The van der Waals surface area contributed by atoms with Crippen molar-refractivity contribution in [3.63, 3.8) is 0 Å². The van der Waals surface area contributed by atoms with Gasteiger partial charge in [-0.05, 0) is 32.6 Å². The van der Waals surface area contributed by atoms with Crippen molar-refractivity contribution in [3.8, 4) is 0 Å².